The number of aromatic nitrogens is 1. The smallest absolute Gasteiger partial charge is 0.354 e. The third-order valence-corrected chi connectivity index (χ3v) is 5.85. The number of carbonyl (C=O) groups is 3. The van der Waals surface area contributed by atoms with Crippen molar-refractivity contribution >= 4 is 23.4 Å². The largest absolute Gasteiger partial charge is 0.453 e. The van der Waals surface area contributed by atoms with Crippen molar-refractivity contribution in [1.82, 2.24) is 9.58 Å². The molecule has 0 radical (unpaired) electrons. The molecule has 4 rings (SSSR count). The third kappa shape index (κ3) is 3.67. The Morgan fingerprint density at radius 3 is 2.60 bits per heavy atom. The number of rotatable bonds is 5. The van der Waals surface area contributed by atoms with Gasteiger partial charge in [-0.15, -0.1) is 0 Å². The number of fused-ring (bicyclic) bond motifs is 1. The van der Waals surface area contributed by atoms with E-state index in [0.717, 1.165) is 34.9 Å². The number of carbonyl (C=O) groups excluding carboxylic acids is 3. The zero-order chi connectivity index (χ0) is 21.4. The second kappa shape index (κ2) is 7.89. The number of hydrogen-bond acceptors (Lipinski definition) is 5. The first-order valence-corrected chi connectivity index (χ1v) is 10.2. The summed E-state index contributed by atoms with van der Waals surface area (Å²) in [6.07, 6.45) is 3.84. The molecule has 0 bridgehead atoms. The number of amides is 1. The Kier molecular flexibility index (Phi) is 5.28. The van der Waals surface area contributed by atoms with Gasteiger partial charge in [-0.2, -0.15) is 5.10 Å². The molecule has 2 aromatic rings. The van der Waals surface area contributed by atoms with Crippen LogP contribution in [0.2, 0.25) is 0 Å². The lowest BCUT2D eigenvalue weighted by atomic mass is 10.1. The fourth-order valence-corrected chi connectivity index (χ4v) is 4.25. The summed E-state index contributed by atoms with van der Waals surface area (Å²) in [5.41, 5.74) is 6.31. The molecule has 0 spiro atoms. The number of esters is 1. The van der Waals surface area contributed by atoms with Crippen LogP contribution in [0.1, 0.15) is 52.1 Å². The standard InChI is InChI=1S/C23H25N3O4/c1-14-11-19(15(2)26(14)18-8-7-16-5-4-6-17(16)12-18)21(27)13-30-23(29)20-9-10-22(28)25(3)24-20/h7-8,11-12H,4-6,9-10,13H2,1-3H3. The van der Waals surface area contributed by atoms with Crippen LogP contribution < -0.4 is 0 Å². The van der Waals surface area contributed by atoms with Gasteiger partial charge < -0.3 is 9.30 Å². The lowest BCUT2D eigenvalue weighted by Gasteiger charge is -2.18. The number of hydrogen-bond donors (Lipinski definition) is 0. The average molecular weight is 407 g/mol. The molecule has 0 unspecified atom stereocenters. The van der Waals surface area contributed by atoms with Gasteiger partial charge in [-0.25, -0.2) is 9.80 Å². The van der Waals surface area contributed by atoms with Gasteiger partial charge in [-0.1, -0.05) is 6.07 Å². The molecule has 2 aliphatic rings. The SMILES string of the molecule is Cc1cc(C(=O)COC(=O)C2=NN(C)C(=O)CC2)c(C)n1-c1ccc2c(c1)CCC2. The number of hydrazone groups is 1. The quantitative estimate of drug-likeness (QED) is 0.564. The van der Waals surface area contributed by atoms with E-state index in [9.17, 15) is 14.4 Å². The number of benzene rings is 1. The highest BCUT2D eigenvalue weighted by molar-refractivity contribution is 6.37. The zero-order valence-corrected chi connectivity index (χ0v) is 17.5. The Balaban J connectivity index is 1.49. The minimum Gasteiger partial charge on any atom is -0.453 e. The molecule has 7 heteroatoms. The van der Waals surface area contributed by atoms with Gasteiger partial charge in [0.1, 0.15) is 5.71 Å². The maximum absolute atomic E-state index is 12.8. The Bertz CT molecular complexity index is 1080. The first-order valence-electron chi connectivity index (χ1n) is 10.2. The van der Waals surface area contributed by atoms with Crippen molar-refractivity contribution in [1.29, 1.82) is 0 Å². The monoisotopic (exact) mass is 407 g/mol. The summed E-state index contributed by atoms with van der Waals surface area (Å²) in [5.74, 6) is -1.07. The van der Waals surface area contributed by atoms with E-state index in [2.05, 4.69) is 27.9 Å². The molecule has 0 saturated heterocycles. The summed E-state index contributed by atoms with van der Waals surface area (Å²) in [7, 11) is 1.49. The van der Waals surface area contributed by atoms with Gasteiger partial charge in [0.15, 0.2) is 6.61 Å². The second-order valence-corrected chi connectivity index (χ2v) is 7.89. The molecule has 2 heterocycles. The molecule has 30 heavy (non-hydrogen) atoms. The van der Waals surface area contributed by atoms with E-state index < -0.39 is 5.97 Å². The molecule has 1 aromatic carbocycles. The van der Waals surface area contributed by atoms with Gasteiger partial charge in [0.05, 0.1) is 0 Å². The van der Waals surface area contributed by atoms with Crippen LogP contribution in [0.3, 0.4) is 0 Å². The van der Waals surface area contributed by atoms with Crippen LogP contribution in [0.5, 0.6) is 0 Å². The number of ketones is 1. The molecular weight excluding hydrogens is 382 g/mol. The van der Waals surface area contributed by atoms with Gasteiger partial charge in [0.2, 0.25) is 11.7 Å². The van der Waals surface area contributed by atoms with Crippen LogP contribution in [0.25, 0.3) is 5.69 Å². The van der Waals surface area contributed by atoms with Crippen molar-refractivity contribution in [3.63, 3.8) is 0 Å². The van der Waals surface area contributed by atoms with Crippen molar-refractivity contribution in [2.75, 3.05) is 13.7 Å². The summed E-state index contributed by atoms with van der Waals surface area (Å²) >= 11 is 0. The summed E-state index contributed by atoms with van der Waals surface area (Å²) in [6.45, 7) is 3.51. The van der Waals surface area contributed by atoms with E-state index in [4.69, 9.17) is 4.74 Å². The first kappa shape index (κ1) is 20.1. The molecule has 1 aliphatic carbocycles. The molecule has 0 fully saturated rings. The van der Waals surface area contributed by atoms with Gasteiger partial charge in [0, 0.05) is 42.5 Å². The van der Waals surface area contributed by atoms with E-state index in [1.54, 1.807) is 0 Å². The van der Waals surface area contributed by atoms with Crippen molar-refractivity contribution in [3.8, 4) is 5.69 Å². The molecule has 7 nitrogen and oxygen atoms in total. The average Bonchev–Trinajstić information content (AvgIpc) is 3.31. The van der Waals surface area contributed by atoms with Crippen molar-refractivity contribution in [3.05, 3.63) is 52.3 Å². The van der Waals surface area contributed by atoms with E-state index in [1.807, 2.05) is 19.9 Å². The second-order valence-electron chi connectivity index (χ2n) is 7.89. The third-order valence-electron chi connectivity index (χ3n) is 5.85. The van der Waals surface area contributed by atoms with Gasteiger partial charge >= 0.3 is 5.97 Å². The van der Waals surface area contributed by atoms with E-state index in [-0.39, 0.29) is 36.9 Å². The van der Waals surface area contributed by atoms with Crippen LogP contribution in [-0.4, -0.2) is 46.6 Å². The molecule has 1 aliphatic heterocycles. The normalized spacial score (nSPS) is 15.8. The van der Waals surface area contributed by atoms with E-state index in [1.165, 1.54) is 24.6 Å². The molecule has 0 atom stereocenters. The molecule has 0 saturated carbocycles. The summed E-state index contributed by atoms with van der Waals surface area (Å²) in [5, 5.41) is 5.06. The molecule has 1 amide bonds. The number of aryl methyl sites for hydroxylation is 3. The van der Waals surface area contributed by atoms with Gasteiger partial charge in [-0.3, -0.25) is 9.59 Å². The minimum atomic E-state index is -0.657. The predicted molar refractivity (Wildman–Crippen MR) is 112 cm³/mol. The van der Waals surface area contributed by atoms with Crippen LogP contribution in [-0.2, 0) is 27.2 Å². The summed E-state index contributed by atoms with van der Waals surface area (Å²) in [6, 6.07) is 8.31. The molecule has 0 N–H and O–H groups in total. The highest BCUT2D eigenvalue weighted by atomic mass is 16.5. The van der Waals surface area contributed by atoms with Crippen molar-refractivity contribution in [2.45, 2.75) is 46.0 Å². The maximum atomic E-state index is 12.8. The van der Waals surface area contributed by atoms with Crippen molar-refractivity contribution < 1.29 is 19.1 Å². The van der Waals surface area contributed by atoms with Crippen LogP contribution in [0.15, 0.2) is 29.4 Å². The highest BCUT2D eigenvalue weighted by Gasteiger charge is 2.25. The van der Waals surface area contributed by atoms with Gasteiger partial charge in [-0.05, 0) is 62.4 Å². The summed E-state index contributed by atoms with van der Waals surface area (Å²) in [4.78, 5) is 36.5. The van der Waals surface area contributed by atoms with Crippen LogP contribution in [0, 0.1) is 13.8 Å². The fraction of sp³-hybridized carbons (Fsp3) is 0.391. The number of ether oxygens (including phenoxy) is 1. The zero-order valence-electron chi connectivity index (χ0n) is 17.5. The lowest BCUT2D eigenvalue weighted by Crippen LogP contribution is -2.33. The van der Waals surface area contributed by atoms with Crippen molar-refractivity contribution in [2.24, 2.45) is 5.10 Å². The Hall–Kier alpha value is -3.22. The Morgan fingerprint density at radius 1 is 1.07 bits per heavy atom. The minimum absolute atomic E-state index is 0.151. The molecule has 156 valence electrons. The van der Waals surface area contributed by atoms with Gasteiger partial charge in [0.25, 0.3) is 0 Å². The lowest BCUT2D eigenvalue weighted by molar-refractivity contribution is -0.135. The van der Waals surface area contributed by atoms with Crippen LogP contribution >= 0.6 is 0 Å². The Morgan fingerprint density at radius 2 is 1.83 bits per heavy atom. The summed E-state index contributed by atoms with van der Waals surface area (Å²) < 4.78 is 7.25. The van der Waals surface area contributed by atoms with Crippen LogP contribution in [0.4, 0.5) is 0 Å². The van der Waals surface area contributed by atoms with E-state index in [0.29, 0.717) is 5.56 Å². The predicted octanol–water partition coefficient (Wildman–Crippen LogP) is 2.92. The number of Topliss-reactive ketones (excluding diaryl/α,β-unsaturated/α-hetero) is 1. The molecular formula is C23H25N3O4. The van der Waals surface area contributed by atoms with E-state index >= 15 is 0 Å². The molecule has 1 aromatic heterocycles. The number of nitrogens with zero attached hydrogens (tertiary/aromatic N) is 3. The highest BCUT2D eigenvalue weighted by Crippen LogP contribution is 2.27. The fourth-order valence-electron chi connectivity index (χ4n) is 4.25. The first-order chi connectivity index (χ1) is 14.3. The maximum Gasteiger partial charge on any atom is 0.354 e. The topological polar surface area (TPSA) is 81.0 Å². The Labute approximate surface area is 175 Å².